The fourth-order valence-electron chi connectivity index (χ4n) is 2.41. The summed E-state index contributed by atoms with van der Waals surface area (Å²) >= 11 is 11.3. The summed E-state index contributed by atoms with van der Waals surface area (Å²) in [5.74, 6) is 1.06. The lowest BCUT2D eigenvalue weighted by Gasteiger charge is -2.30. The molecule has 0 radical (unpaired) electrons. The molecule has 4 nitrogen and oxygen atoms in total. The highest BCUT2D eigenvalue weighted by molar-refractivity contribution is 7.80. The van der Waals surface area contributed by atoms with E-state index in [1.807, 2.05) is 6.07 Å². The number of halogens is 1. The van der Waals surface area contributed by atoms with Crippen molar-refractivity contribution >= 4 is 40.6 Å². The van der Waals surface area contributed by atoms with Gasteiger partial charge in [0.2, 0.25) is 0 Å². The zero-order chi connectivity index (χ0) is 16.3. The molecule has 1 heterocycles. The van der Waals surface area contributed by atoms with Gasteiger partial charge < -0.3 is 15.5 Å². The smallest absolute Gasteiger partial charge is 0.336 e. The molecular formula is C16H14ClN2O2S-. The van der Waals surface area contributed by atoms with E-state index in [9.17, 15) is 10.2 Å². The summed E-state index contributed by atoms with van der Waals surface area (Å²) in [5, 5.41) is 12.9. The van der Waals surface area contributed by atoms with E-state index in [1.54, 1.807) is 32.0 Å². The van der Waals surface area contributed by atoms with Crippen LogP contribution in [-0.4, -0.2) is 23.4 Å². The first-order valence-electron chi connectivity index (χ1n) is 6.71. The van der Waals surface area contributed by atoms with Crippen LogP contribution in [0.15, 0.2) is 41.1 Å². The maximum absolute atomic E-state index is 12.3. The molecule has 1 N–H and O–H groups in total. The third-order valence-corrected chi connectivity index (χ3v) is 3.88. The van der Waals surface area contributed by atoms with Crippen LogP contribution in [0, 0.1) is 0 Å². The molecule has 1 aliphatic heterocycles. The van der Waals surface area contributed by atoms with Crippen molar-refractivity contribution in [1.29, 1.82) is 0 Å². The van der Waals surface area contributed by atoms with Crippen LogP contribution in [0.25, 0.3) is 5.41 Å². The number of benzene rings is 1. The van der Waals surface area contributed by atoms with Crippen molar-refractivity contribution in [3.63, 3.8) is 0 Å². The maximum Gasteiger partial charge on any atom is 0.336 e. The van der Waals surface area contributed by atoms with Gasteiger partial charge in [-0.05, 0) is 31.5 Å². The Morgan fingerprint density at radius 3 is 2.86 bits per heavy atom. The Balaban J connectivity index is 2.65. The van der Waals surface area contributed by atoms with E-state index in [0.717, 1.165) is 5.56 Å². The molecule has 1 aliphatic rings. The molecular weight excluding hydrogens is 320 g/mol. The summed E-state index contributed by atoms with van der Waals surface area (Å²) in [6.07, 6.45) is 0. The molecule has 114 valence electrons. The lowest BCUT2D eigenvalue weighted by atomic mass is 9.81. The fraction of sp³-hybridized carbons (Fsp3) is 0.250. The van der Waals surface area contributed by atoms with Crippen molar-refractivity contribution in [3.05, 3.63) is 57.1 Å². The Morgan fingerprint density at radius 1 is 1.55 bits per heavy atom. The lowest BCUT2D eigenvalue weighted by Crippen LogP contribution is -2.35. The van der Waals surface area contributed by atoms with Crippen LogP contribution < -0.4 is 5.32 Å². The Hall–Kier alpha value is -1.94. The van der Waals surface area contributed by atoms with Gasteiger partial charge >= 0.3 is 5.97 Å². The summed E-state index contributed by atoms with van der Waals surface area (Å²) < 4.78 is 5.13. The summed E-state index contributed by atoms with van der Waals surface area (Å²) in [7, 11) is 0. The zero-order valence-corrected chi connectivity index (χ0v) is 13.7. The zero-order valence-electron chi connectivity index (χ0n) is 12.1. The summed E-state index contributed by atoms with van der Waals surface area (Å²) in [6.45, 7) is 3.73. The third-order valence-electron chi connectivity index (χ3n) is 3.32. The minimum atomic E-state index is -0.573. The molecule has 22 heavy (non-hydrogen) atoms. The summed E-state index contributed by atoms with van der Waals surface area (Å²) in [5.41, 5.74) is 2.02. The molecule has 0 fully saturated rings. The number of hydrogen-bond acceptors (Lipinski definition) is 3. The van der Waals surface area contributed by atoms with Crippen molar-refractivity contribution in [3.8, 4) is 0 Å². The third kappa shape index (κ3) is 3.12. The molecule has 0 amide bonds. The fourth-order valence-corrected chi connectivity index (χ4v) is 2.93. The second kappa shape index (κ2) is 6.88. The van der Waals surface area contributed by atoms with Crippen LogP contribution in [0.4, 0.5) is 0 Å². The predicted molar refractivity (Wildman–Crippen MR) is 91.1 cm³/mol. The second-order valence-electron chi connectivity index (χ2n) is 4.73. The van der Waals surface area contributed by atoms with Crippen molar-refractivity contribution in [2.45, 2.75) is 19.8 Å². The van der Waals surface area contributed by atoms with Gasteiger partial charge in [-0.3, -0.25) is 5.87 Å². The van der Waals surface area contributed by atoms with Gasteiger partial charge in [0.25, 0.3) is 0 Å². The molecule has 0 spiro atoms. The quantitative estimate of drug-likeness (QED) is 0.399. The largest absolute Gasteiger partial charge is 0.763 e. The first kappa shape index (κ1) is 16.4. The van der Waals surface area contributed by atoms with E-state index in [4.69, 9.17) is 28.6 Å². The minimum absolute atomic E-state index is 0.254. The van der Waals surface area contributed by atoms with Crippen molar-refractivity contribution < 1.29 is 9.53 Å². The molecule has 0 saturated heterocycles. The Labute approximate surface area is 139 Å². The monoisotopic (exact) mass is 333 g/mol. The molecule has 1 aromatic carbocycles. The molecule has 0 saturated carbocycles. The van der Waals surface area contributed by atoms with Crippen molar-refractivity contribution in [2.75, 3.05) is 6.61 Å². The summed E-state index contributed by atoms with van der Waals surface area (Å²) in [4.78, 5) is 12.6. The van der Waals surface area contributed by atoms with E-state index >= 15 is 0 Å². The number of allylic oxidation sites excluding steroid dienone is 1. The van der Waals surface area contributed by atoms with Crippen LogP contribution in [0.1, 0.15) is 25.3 Å². The van der Waals surface area contributed by atoms with Crippen LogP contribution in [-0.2, 0) is 9.53 Å². The van der Waals surface area contributed by atoms with E-state index < -0.39 is 11.9 Å². The molecule has 1 aromatic rings. The standard InChI is InChI=1S/C16H14ClN2O2S/c1-3-21-16(20)13-9(2)19-15(22)12(8-18)14(13)10-5-4-6-11(17)7-10/h4-7,14H,3H2,1-2H3,(H,19,22)/q-1. The number of esters is 1. The van der Waals surface area contributed by atoms with Gasteiger partial charge in [0.1, 0.15) is 4.99 Å². The number of carbonyl (C=O) groups is 1. The van der Waals surface area contributed by atoms with E-state index in [0.29, 0.717) is 26.9 Å². The van der Waals surface area contributed by atoms with Crippen LogP contribution in [0.3, 0.4) is 0 Å². The second-order valence-corrected chi connectivity index (χ2v) is 5.57. The van der Waals surface area contributed by atoms with Gasteiger partial charge in [-0.25, -0.2) is 4.79 Å². The summed E-state index contributed by atoms with van der Waals surface area (Å²) in [6, 6.07) is 7.05. The molecule has 0 aliphatic carbocycles. The topological polar surface area (TPSA) is 60.6 Å². The number of carbonyl (C=O) groups excluding carboxylic acids is 1. The minimum Gasteiger partial charge on any atom is -0.763 e. The Morgan fingerprint density at radius 2 is 2.27 bits per heavy atom. The van der Waals surface area contributed by atoms with Crippen LogP contribution in [0.5, 0.6) is 0 Å². The average molecular weight is 334 g/mol. The van der Waals surface area contributed by atoms with Gasteiger partial charge in [0.05, 0.1) is 18.1 Å². The average Bonchev–Trinajstić information content (AvgIpc) is 2.46. The van der Waals surface area contributed by atoms with E-state index in [1.165, 1.54) is 0 Å². The van der Waals surface area contributed by atoms with Crippen molar-refractivity contribution in [2.24, 2.45) is 0 Å². The number of ether oxygens (including phenoxy) is 1. The van der Waals surface area contributed by atoms with E-state index in [-0.39, 0.29) is 6.61 Å². The van der Waals surface area contributed by atoms with Gasteiger partial charge in [0.15, 0.2) is 0 Å². The number of nitrogens with zero attached hydrogens (tertiary/aromatic N) is 1. The van der Waals surface area contributed by atoms with Crippen molar-refractivity contribution in [1.82, 2.24) is 5.32 Å². The van der Waals surface area contributed by atoms with Crippen LogP contribution in [0.2, 0.25) is 5.02 Å². The molecule has 0 bridgehead atoms. The maximum atomic E-state index is 12.3. The normalized spacial score (nSPS) is 17.9. The molecule has 0 aromatic heterocycles. The van der Waals surface area contributed by atoms with E-state index in [2.05, 4.69) is 11.2 Å². The van der Waals surface area contributed by atoms with Gasteiger partial charge in [0, 0.05) is 16.3 Å². The van der Waals surface area contributed by atoms with Crippen LogP contribution >= 0.6 is 23.8 Å². The lowest BCUT2D eigenvalue weighted by molar-refractivity contribution is -0.138. The number of rotatable bonds is 3. The molecule has 1 unspecified atom stereocenters. The molecule has 6 heteroatoms. The SMILES string of the molecule is CCOC(=O)C1=C(C)NC(=S)C(=C=[N-])C1c1cccc(Cl)c1. The predicted octanol–water partition coefficient (Wildman–Crippen LogP) is 3.36. The first-order valence-corrected chi connectivity index (χ1v) is 7.49. The number of nitrogens with one attached hydrogen (secondary N) is 1. The molecule has 1 atom stereocenters. The van der Waals surface area contributed by atoms with Gasteiger partial charge in [-0.2, -0.15) is 0 Å². The highest BCUT2D eigenvalue weighted by atomic mass is 35.5. The van der Waals surface area contributed by atoms with Gasteiger partial charge in [-0.15, -0.1) is 0 Å². The first-order chi connectivity index (χ1) is 10.5. The molecule has 2 rings (SSSR count). The van der Waals surface area contributed by atoms with Gasteiger partial charge in [-0.1, -0.05) is 36.0 Å². The highest BCUT2D eigenvalue weighted by Gasteiger charge is 2.34. The number of thiocarbonyl (C=S) groups is 1. The Kier molecular flexibility index (Phi) is 5.14. The number of hydrogen-bond donors (Lipinski definition) is 1. The highest BCUT2D eigenvalue weighted by Crippen LogP contribution is 2.37. The Bertz CT molecular complexity index is 721.